The highest BCUT2D eigenvalue weighted by Gasteiger charge is 2.30. The number of nitrogens with zero attached hydrogens (tertiary/aromatic N) is 3. The largest absolute Gasteiger partial charge is 0.351 e. The molecule has 0 spiro atoms. The molecule has 2 heterocycles. The van der Waals surface area contributed by atoms with E-state index in [1.54, 1.807) is 6.20 Å². The van der Waals surface area contributed by atoms with Gasteiger partial charge in [-0.05, 0) is 76.0 Å². The standard InChI is InChI=1S/C29H37N5O2/c1-7-21-12-19(4)32-29(36)25(21)15-30-28(35)24-13-23(14-27-26(24)16-31-34(27)18(2)3)22-10-8-20(9-11-22)17-33(5)6/h8-14,16,18,21,25H,7,15,17H2,1-6H3,(H,30,35)(H,32,36)/t21-,25?/m1/s1. The van der Waals surface area contributed by atoms with Crippen molar-refractivity contribution in [1.82, 2.24) is 25.3 Å². The molecule has 190 valence electrons. The molecule has 2 N–H and O–H groups in total. The maximum atomic E-state index is 13.5. The zero-order chi connectivity index (χ0) is 26.0. The number of nitrogens with one attached hydrogen (secondary N) is 2. The van der Waals surface area contributed by atoms with Gasteiger partial charge in [0.25, 0.3) is 5.91 Å². The number of allylic oxidation sites excluding steroid dienone is 2. The fourth-order valence-corrected chi connectivity index (χ4v) is 4.98. The van der Waals surface area contributed by atoms with Crippen molar-refractivity contribution < 1.29 is 9.59 Å². The molecule has 0 radical (unpaired) electrons. The molecule has 7 nitrogen and oxygen atoms in total. The Morgan fingerprint density at radius 3 is 2.53 bits per heavy atom. The van der Waals surface area contributed by atoms with Gasteiger partial charge in [0.2, 0.25) is 5.91 Å². The zero-order valence-electron chi connectivity index (χ0n) is 22.1. The number of hydrogen-bond donors (Lipinski definition) is 2. The lowest BCUT2D eigenvalue weighted by Crippen LogP contribution is -2.44. The summed E-state index contributed by atoms with van der Waals surface area (Å²) in [5.74, 6) is -0.409. The topological polar surface area (TPSA) is 79.3 Å². The highest BCUT2D eigenvalue weighted by atomic mass is 16.2. The van der Waals surface area contributed by atoms with Crippen LogP contribution < -0.4 is 10.6 Å². The number of fused-ring (bicyclic) bond motifs is 1. The van der Waals surface area contributed by atoms with Gasteiger partial charge in [0.1, 0.15) is 0 Å². The molecule has 3 aromatic rings. The smallest absolute Gasteiger partial charge is 0.252 e. The van der Waals surface area contributed by atoms with E-state index >= 15 is 0 Å². The second-order valence-electron chi connectivity index (χ2n) is 10.3. The molecule has 2 amide bonds. The maximum absolute atomic E-state index is 13.5. The molecule has 0 bridgehead atoms. The molecule has 36 heavy (non-hydrogen) atoms. The Labute approximate surface area is 213 Å². The van der Waals surface area contributed by atoms with Gasteiger partial charge in [-0.2, -0.15) is 5.10 Å². The molecule has 4 rings (SSSR count). The van der Waals surface area contributed by atoms with Crippen LogP contribution in [0.15, 0.2) is 54.4 Å². The van der Waals surface area contributed by atoms with Crippen molar-refractivity contribution in [2.45, 2.75) is 46.7 Å². The number of amides is 2. The van der Waals surface area contributed by atoms with Gasteiger partial charge in [0.15, 0.2) is 0 Å². The lowest BCUT2D eigenvalue weighted by atomic mass is 9.85. The summed E-state index contributed by atoms with van der Waals surface area (Å²) in [5, 5.41) is 11.3. The van der Waals surface area contributed by atoms with Crippen molar-refractivity contribution >= 4 is 22.7 Å². The third kappa shape index (κ3) is 5.36. The maximum Gasteiger partial charge on any atom is 0.252 e. The minimum Gasteiger partial charge on any atom is -0.351 e. The third-order valence-corrected chi connectivity index (χ3v) is 6.83. The van der Waals surface area contributed by atoms with Crippen molar-refractivity contribution in [1.29, 1.82) is 0 Å². The Kier molecular flexibility index (Phi) is 7.59. The zero-order valence-corrected chi connectivity index (χ0v) is 22.1. The second kappa shape index (κ2) is 10.7. The number of aromatic nitrogens is 2. The van der Waals surface area contributed by atoms with E-state index in [9.17, 15) is 9.59 Å². The van der Waals surface area contributed by atoms with Gasteiger partial charge in [0.05, 0.1) is 23.2 Å². The van der Waals surface area contributed by atoms with Crippen LogP contribution in [-0.4, -0.2) is 47.1 Å². The van der Waals surface area contributed by atoms with Crippen molar-refractivity contribution in [3.63, 3.8) is 0 Å². The number of hydrogen-bond acceptors (Lipinski definition) is 4. The van der Waals surface area contributed by atoms with Gasteiger partial charge in [-0.25, -0.2) is 0 Å². The summed E-state index contributed by atoms with van der Waals surface area (Å²) < 4.78 is 1.95. The monoisotopic (exact) mass is 487 g/mol. The lowest BCUT2D eigenvalue weighted by Gasteiger charge is -2.28. The molecule has 1 aliphatic rings. The Bertz CT molecular complexity index is 1290. The van der Waals surface area contributed by atoms with Crippen LogP contribution in [0.1, 0.15) is 56.1 Å². The Balaban J connectivity index is 1.67. The highest BCUT2D eigenvalue weighted by molar-refractivity contribution is 6.08. The molecule has 0 aliphatic carbocycles. The molecule has 2 atom stereocenters. The quantitative estimate of drug-likeness (QED) is 0.481. The van der Waals surface area contributed by atoms with Gasteiger partial charge in [-0.1, -0.05) is 37.3 Å². The number of benzene rings is 2. The van der Waals surface area contributed by atoms with Crippen molar-refractivity contribution in [2.75, 3.05) is 20.6 Å². The Morgan fingerprint density at radius 1 is 1.17 bits per heavy atom. The molecular weight excluding hydrogens is 450 g/mol. The van der Waals surface area contributed by atoms with Crippen LogP contribution >= 0.6 is 0 Å². The summed E-state index contributed by atoms with van der Waals surface area (Å²) in [5.41, 5.74) is 5.61. The van der Waals surface area contributed by atoms with Gasteiger partial charge < -0.3 is 15.5 Å². The van der Waals surface area contributed by atoms with Gasteiger partial charge in [-0.15, -0.1) is 0 Å². The van der Waals surface area contributed by atoms with Gasteiger partial charge in [0, 0.05) is 30.2 Å². The fourth-order valence-electron chi connectivity index (χ4n) is 4.98. The lowest BCUT2D eigenvalue weighted by molar-refractivity contribution is -0.125. The summed E-state index contributed by atoms with van der Waals surface area (Å²) in [6.45, 7) is 9.29. The van der Waals surface area contributed by atoms with Crippen molar-refractivity contribution in [3.05, 3.63) is 65.5 Å². The van der Waals surface area contributed by atoms with Crippen molar-refractivity contribution in [2.24, 2.45) is 11.8 Å². The minimum atomic E-state index is -0.288. The number of carbonyl (C=O) groups excluding carboxylic acids is 2. The number of carbonyl (C=O) groups is 2. The predicted molar refractivity (Wildman–Crippen MR) is 144 cm³/mol. The normalized spacial score (nSPS) is 18.0. The van der Waals surface area contributed by atoms with Crippen LogP contribution in [0.2, 0.25) is 0 Å². The summed E-state index contributed by atoms with van der Waals surface area (Å²) in [6.07, 6.45) is 4.70. The molecule has 0 saturated heterocycles. The van der Waals surface area contributed by atoms with E-state index in [1.165, 1.54) is 5.56 Å². The van der Waals surface area contributed by atoms with Crippen LogP contribution in [0.25, 0.3) is 22.0 Å². The van der Waals surface area contributed by atoms with E-state index < -0.39 is 0 Å². The van der Waals surface area contributed by atoms with Crippen molar-refractivity contribution in [3.8, 4) is 11.1 Å². The summed E-state index contributed by atoms with van der Waals surface area (Å²) >= 11 is 0. The first-order valence-corrected chi connectivity index (χ1v) is 12.7. The minimum absolute atomic E-state index is 0.0357. The van der Waals surface area contributed by atoms with E-state index in [1.807, 2.05) is 17.7 Å². The third-order valence-electron chi connectivity index (χ3n) is 6.83. The molecule has 0 saturated carbocycles. The highest BCUT2D eigenvalue weighted by Crippen LogP contribution is 2.30. The van der Waals surface area contributed by atoms with Crippen LogP contribution in [-0.2, 0) is 11.3 Å². The second-order valence-corrected chi connectivity index (χ2v) is 10.3. The van der Waals surface area contributed by atoms with E-state index in [0.29, 0.717) is 5.56 Å². The molecule has 1 unspecified atom stereocenters. The molecule has 1 aromatic heterocycles. The average molecular weight is 488 g/mol. The SMILES string of the molecule is CC[C@@H]1C=C(C)NC(=O)C1CNC(=O)c1cc(-c2ccc(CN(C)C)cc2)cc2c1cnn2C(C)C. The first-order chi connectivity index (χ1) is 17.2. The summed E-state index contributed by atoms with van der Waals surface area (Å²) in [6, 6.07) is 12.7. The van der Waals surface area contributed by atoms with E-state index in [4.69, 9.17) is 0 Å². The number of rotatable bonds is 8. The first kappa shape index (κ1) is 25.6. The van der Waals surface area contributed by atoms with Crippen LogP contribution in [0.5, 0.6) is 0 Å². The molecule has 7 heteroatoms. The van der Waals surface area contributed by atoms with Crippen LogP contribution in [0.4, 0.5) is 0 Å². The van der Waals surface area contributed by atoms with Crippen LogP contribution in [0.3, 0.4) is 0 Å². The Hall–Kier alpha value is -3.45. The van der Waals surface area contributed by atoms with E-state index in [-0.39, 0.29) is 36.2 Å². The summed E-state index contributed by atoms with van der Waals surface area (Å²) in [7, 11) is 4.10. The summed E-state index contributed by atoms with van der Waals surface area (Å²) in [4.78, 5) is 28.3. The van der Waals surface area contributed by atoms with E-state index in [2.05, 4.69) is 91.9 Å². The van der Waals surface area contributed by atoms with Crippen LogP contribution in [0, 0.1) is 11.8 Å². The predicted octanol–water partition coefficient (Wildman–Crippen LogP) is 4.75. The molecule has 0 fully saturated rings. The van der Waals surface area contributed by atoms with Gasteiger partial charge in [-0.3, -0.25) is 14.3 Å². The first-order valence-electron chi connectivity index (χ1n) is 12.7. The van der Waals surface area contributed by atoms with Gasteiger partial charge >= 0.3 is 0 Å². The molecular formula is C29H37N5O2. The van der Waals surface area contributed by atoms with E-state index in [0.717, 1.165) is 40.7 Å². The molecule has 1 aliphatic heterocycles. The molecule has 2 aromatic carbocycles. The fraction of sp³-hybridized carbons (Fsp3) is 0.414. The average Bonchev–Trinajstić information content (AvgIpc) is 3.26. The Morgan fingerprint density at radius 2 is 1.89 bits per heavy atom.